The molecule has 0 saturated heterocycles. The van der Waals surface area contributed by atoms with E-state index in [1.165, 1.54) is 47.6 Å². The molecule has 6 aromatic carbocycles. The highest BCUT2D eigenvalue weighted by Crippen LogP contribution is 2.49. The molecular formula is C55H49BrO7. The molecule has 7 nitrogen and oxygen atoms in total. The third-order valence-electron chi connectivity index (χ3n) is 13.1. The maximum atomic E-state index is 13.8. The SMILES string of the molecule is COC(=O)c1ccc(CBr)cc1.COC(=O)c1ccc(CC2(C3=Cc4ccccc4C3)Cc3ccccc3C2=O)cc1.COC1(C2Cc3ccccc3C2=O)Cc2ccccc2C1. The fourth-order valence-corrected chi connectivity index (χ4v) is 10.1. The van der Waals surface area contributed by atoms with Gasteiger partial charge in [-0.1, -0.05) is 149 Å². The molecule has 318 valence electrons. The highest BCUT2D eigenvalue weighted by atomic mass is 79.9. The van der Waals surface area contributed by atoms with Crippen LogP contribution in [0.2, 0.25) is 0 Å². The van der Waals surface area contributed by atoms with Gasteiger partial charge in [0.25, 0.3) is 0 Å². The fourth-order valence-electron chi connectivity index (χ4n) is 9.74. The standard InChI is InChI=1S/C27H22O3.C19H18O2.C9H9BrO2/c1-30-26(29)19-12-10-18(11-13-19)16-27(17-22-8-4-5-9-24(22)25(27)28)23-14-20-6-2-3-7-21(20)15-23;1-21-19(11-14-7-2-3-8-15(14)12-19)17-10-13-6-4-5-9-16(13)18(17)20;1-12-9(11)8-4-2-7(6-10)3-5-8/h2-14H,15-17H2,1H3;2-9,17H,10-12H2,1H3;2-5H,6H2,1H3. The van der Waals surface area contributed by atoms with Gasteiger partial charge in [-0.15, -0.1) is 0 Å². The lowest BCUT2D eigenvalue weighted by Crippen LogP contribution is -2.44. The number of allylic oxidation sites excluding steroid dienone is 1. The van der Waals surface area contributed by atoms with Gasteiger partial charge in [0.15, 0.2) is 11.6 Å². The lowest BCUT2D eigenvalue weighted by molar-refractivity contribution is -0.0384. The second kappa shape index (κ2) is 18.6. The number of rotatable bonds is 8. The number of carbonyl (C=O) groups is 4. The van der Waals surface area contributed by atoms with Crippen molar-refractivity contribution in [1.82, 2.24) is 0 Å². The van der Waals surface area contributed by atoms with Crippen molar-refractivity contribution < 1.29 is 33.4 Å². The van der Waals surface area contributed by atoms with Crippen LogP contribution in [0.25, 0.3) is 6.08 Å². The molecule has 0 bridgehead atoms. The summed E-state index contributed by atoms with van der Waals surface area (Å²) in [5, 5.41) is 0.800. The lowest BCUT2D eigenvalue weighted by atomic mass is 9.71. The molecule has 6 aromatic rings. The summed E-state index contributed by atoms with van der Waals surface area (Å²) in [6.45, 7) is 0. The molecule has 0 aromatic heterocycles. The highest BCUT2D eigenvalue weighted by molar-refractivity contribution is 9.08. The van der Waals surface area contributed by atoms with E-state index in [1.807, 2.05) is 66.7 Å². The molecule has 4 aliphatic carbocycles. The van der Waals surface area contributed by atoms with Crippen LogP contribution < -0.4 is 0 Å². The molecule has 8 heteroatoms. The quantitative estimate of drug-likeness (QED) is 0.111. The zero-order valence-electron chi connectivity index (χ0n) is 35.7. The van der Waals surface area contributed by atoms with Crippen molar-refractivity contribution in [2.45, 2.75) is 49.5 Å². The summed E-state index contributed by atoms with van der Waals surface area (Å²) >= 11 is 3.32. The number of alkyl halides is 1. The molecule has 0 aliphatic heterocycles. The first-order valence-corrected chi connectivity index (χ1v) is 22.3. The van der Waals surface area contributed by atoms with Gasteiger partial charge in [-0.25, -0.2) is 9.59 Å². The summed E-state index contributed by atoms with van der Waals surface area (Å²) in [6.07, 6.45) is 6.81. The molecule has 63 heavy (non-hydrogen) atoms. The van der Waals surface area contributed by atoms with Crippen LogP contribution in [0.3, 0.4) is 0 Å². The second-order valence-corrected chi connectivity index (χ2v) is 17.2. The van der Waals surface area contributed by atoms with Crippen LogP contribution in [-0.4, -0.2) is 50.4 Å². The highest BCUT2D eigenvalue weighted by Gasteiger charge is 2.51. The predicted molar refractivity (Wildman–Crippen MR) is 248 cm³/mol. The monoisotopic (exact) mass is 900 g/mol. The molecule has 0 saturated carbocycles. The summed E-state index contributed by atoms with van der Waals surface area (Å²) in [5.41, 5.74) is 12.6. The minimum absolute atomic E-state index is 0.0627. The first-order chi connectivity index (χ1) is 30.6. The van der Waals surface area contributed by atoms with Crippen molar-refractivity contribution >= 4 is 45.5 Å². The van der Waals surface area contributed by atoms with Crippen molar-refractivity contribution in [1.29, 1.82) is 0 Å². The topological polar surface area (TPSA) is 96.0 Å². The first kappa shape index (κ1) is 43.4. The van der Waals surface area contributed by atoms with Crippen LogP contribution in [0.4, 0.5) is 0 Å². The number of methoxy groups -OCH3 is 3. The van der Waals surface area contributed by atoms with Gasteiger partial charge in [0.2, 0.25) is 0 Å². The zero-order chi connectivity index (χ0) is 44.1. The molecule has 0 fully saturated rings. The number of esters is 2. The van der Waals surface area contributed by atoms with Gasteiger partial charge in [0.1, 0.15) is 0 Å². The zero-order valence-corrected chi connectivity index (χ0v) is 37.3. The third kappa shape index (κ3) is 8.62. The average Bonchev–Trinajstić information content (AvgIpc) is 4.11. The van der Waals surface area contributed by atoms with Gasteiger partial charge in [-0.3, -0.25) is 9.59 Å². The molecule has 10 rings (SSSR count). The second-order valence-electron chi connectivity index (χ2n) is 16.6. The summed E-state index contributed by atoms with van der Waals surface area (Å²) in [6, 6.07) is 47.4. The van der Waals surface area contributed by atoms with Gasteiger partial charge in [0, 0.05) is 36.4 Å². The maximum Gasteiger partial charge on any atom is 0.337 e. The van der Waals surface area contributed by atoms with Crippen molar-refractivity contribution in [2.75, 3.05) is 21.3 Å². The minimum Gasteiger partial charge on any atom is -0.465 e. The molecule has 0 radical (unpaired) electrons. The van der Waals surface area contributed by atoms with Crippen molar-refractivity contribution in [3.63, 3.8) is 0 Å². The number of fused-ring (bicyclic) bond motifs is 4. The number of hydrogen-bond acceptors (Lipinski definition) is 7. The van der Waals surface area contributed by atoms with Gasteiger partial charge in [0.05, 0.1) is 42.3 Å². The Kier molecular flexibility index (Phi) is 12.8. The van der Waals surface area contributed by atoms with Crippen LogP contribution in [0.5, 0.6) is 0 Å². The van der Waals surface area contributed by atoms with E-state index in [0.717, 1.165) is 58.8 Å². The molecule has 4 aliphatic rings. The van der Waals surface area contributed by atoms with Gasteiger partial charge in [-0.2, -0.15) is 0 Å². The Morgan fingerprint density at radius 1 is 0.587 bits per heavy atom. The number of halogens is 1. The summed E-state index contributed by atoms with van der Waals surface area (Å²) in [4.78, 5) is 49.3. The molecule has 0 amide bonds. The van der Waals surface area contributed by atoms with E-state index < -0.39 is 5.41 Å². The number of ketones is 2. The number of ether oxygens (including phenoxy) is 3. The lowest BCUT2D eigenvalue weighted by Gasteiger charge is -2.33. The van der Waals surface area contributed by atoms with E-state index >= 15 is 0 Å². The van der Waals surface area contributed by atoms with Crippen LogP contribution in [0, 0.1) is 11.3 Å². The van der Waals surface area contributed by atoms with Crippen molar-refractivity contribution in [3.8, 4) is 0 Å². The van der Waals surface area contributed by atoms with E-state index in [1.54, 1.807) is 31.4 Å². The Morgan fingerprint density at radius 2 is 1.10 bits per heavy atom. The summed E-state index contributed by atoms with van der Waals surface area (Å²) in [7, 11) is 4.51. The maximum absolute atomic E-state index is 13.8. The number of Topliss-reactive ketones (excluding diaryl/α,β-unsaturated/α-hetero) is 2. The number of benzene rings is 6. The van der Waals surface area contributed by atoms with E-state index in [9.17, 15) is 19.2 Å². The Morgan fingerprint density at radius 3 is 1.62 bits per heavy atom. The third-order valence-corrected chi connectivity index (χ3v) is 13.8. The van der Waals surface area contributed by atoms with E-state index in [-0.39, 0.29) is 35.0 Å². The van der Waals surface area contributed by atoms with Gasteiger partial charge >= 0.3 is 11.9 Å². The van der Waals surface area contributed by atoms with Crippen LogP contribution in [0.1, 0.15) is 85.9 Å². The molecule has 2 unspecified atom stereocenters. The molecular weight excluding hydrogens is 853 g/mol. The molecule has 0 heterocycles. The average molecular weight is 902 g/mol. The molecule has 0 spiro atoms. The number of carbonyl (C=O) groups excluding carboxylic acids is 4. The summed E-state index contributed by atoms with van der Waals surface area (Å²) in [5.74, 6) is -0.257. The predicted octanol–water partition coefficient (Wildman–Crippen LogP) is 10.7. The van der Waals surface area contributed by atoms with E-state index in [0.29, 0.717) is 24.0 Å². The molecule has 2 atom stereocenters. The Labute approximate surface area is 377 Å². The van der Waals surface area contributed by atoms with Crippen LogP contribution in [0.15, 0.2) is 151 Å². The Bertz CT molecular complexity index is 2690. The smallest absolute Gasteiger partial charge is 0.337 e. The Hall–Kier alpha value is -6.22. The number of hydrogen-bond donors (Lipinski definition) is 0. The fraction of sp³-hybridized carbons (Fsp3) is 0.236. The van der Waals surface area contributed by atoms with Crippen LogP contribution >= 0.6 is 15.9 Å². The van der Waals surface area contributed by atoms with Crippen molar-refractivity contribution in [2.24, 2.45) is 11.3 Å². The van der Waals surface area contributed by atoms with Gasteiger partial charge in [-0.05, 0) is 94.5 Å². The molecule has 0 N–H and O–H groups in total. The van der Waals surface area contributed by atoms with Crippen molar-refractivity contribution in [3.05, 3.63) is 218 Å². The minimum atomic E-state index is -0.588. The van der Waals surface area contributed by atoms with E-state index in [2.05, 4.69) is 81.3 Å². The van der Waals surface area contributed by atoms with E-state index in [4.69, 9.17) is 9.47 Å². The summed E-state index contributed by atoms with van der Waals surface area (Å²) < 4.78 is 15.3. The van der Waals surface area contributed by atoms with Crippen LogP contribution in [-0.2, 0) is 58.1 Å². The largest absolute Gasteiger partial charge is 0.465 e. The normalized spacial score (nSPS) is 18.3. The Balaban J connectivity index is 0.000000143. The first-order valence-electron chi connectivity index (χ1n) is 21.2. The van der Waals surface area contributed by atoms with Gasteiger partial charge < -0.3 is 14.2 Å².